The molecule has 0 amide bonds. The molecule has 168 valence electrons. The third-order valence-electron chi connectivity index (χ3n) is 6.03. The minimum absolute atomic E-state index is 0.245. The van der Waals surface area contributed by atoms with E-state index in [9.17, 15) is 9.59 Å². The van der Waals surface area contributed by atoms with E-state index >= 15 is 0 Å². The number of aromatic nitrogens is 1. The van der Waals surface area contributed by atoms with E-state index in [2.05, 4.69) is 0 Å². The monoisotopic (exact) mass is 463 g/mol. The van der Waals surface area contributed by atoms with Gasteiger partial charge in [-0.2, -0.15) is 0 Å². The zero-order chi connectivity index (χ0) is 23.4. The van der Waals surface area contributed by atoms with Crippen LogP contribution in [-0.2, 0) is 9.47 Å². The van der Waals surface area contributed by atoms with Gasteiger partial charge in [0, 0.05) is 33.1 Å². The number of benzene rings is 3. The van der Waals surface area contributed by atoms with Crippen molar-refractivity contribution in [2.24, 2.45) is 0 Å². The Bertz CT molecular complexity index is 1560. The summed E-state index contributed by atoms with van der Waals surface area (Å²) in [5, 5.41) is 2.66. The molecule has 0 atom stereocenters. The number of pyridine rings is 1. The highest BCUT2D eigenvalue weighted by Gasteiger charge is 2.30. The van der Waals surface area contributed by atoms with Crippen LogP contribution < -0.4 is 0 Å². The van der Waals surface area contributed by atoms with Gasteiger partial charge in [0.25, 0.3) is 0 Å². The second-order valence-electron chi connectivity index (χ2n) is 7.86. The van der Waals surface area contributed by atoms with Crippen LogP contribution in [0.25, 0.3) is 38.5 Å². The summed E-state index contributed by atoms with van der Waals surface area (Å²) in [5.41, 5.74) is 4.85. The van der Waals surface area contributed by atoms with Crippen LogP contribution in [0.4, 0.5) is 0 Å². The van der Waals surface area contributed by atoms with Crippen molar-refractivity contribution in [2.45, 2.75) is 27.7 Å². The third-order valence-corrected chi connectivity index (χ3v) is 6.26. The first-order valence-corrected chi connectivity index (χ1v) is 11.2. The number of carbonyl (C=O) groups excluding carboxylic acids is 2. The van der Waals surface area contributed by atoms with Gasteiger partial charge in [0.05, 0.1) is 35.5 Å². The van der Waals surface area contributed by atoms with Crippen LogP contribution >= 0.6 is 11.6 Å². The molecule has 2 aliphatic heterocycles. The first kappa shape index (κ1) is 21.3. The van der Waals surface area contributed by atoms with Crippen molar-refractivity contribution >= 4 is 56.4 Å². The van der Waals surface area contributed by atoms with Gasteiger partial charge in [0.15, 0.2) is 11.2 Å². The lowest BCUT2D eigenvalue weighted by Crippen LogP contribution is -2.18. The summed E-state index contributed by atoms with van der Waals surface area (Å²) < 4.78 is 19.1. The molecule has 0 N–H and O–H groups in total. The Labute approximate surface area is 194 Å². The highest BCUT2D eigenvalue weighted by molar-refractivity contribution is 6.31. The average Bonchev–Trinajstić information content (AvgIpc) is 2.78. The Hall–Kier alpha value is -3.51. The molecule has 0 spiro atoms. The molecule has 2 aliphatic rings. The van der Waals surface area contributed by atoms with Gasteiger partial charge >= 0.3 is 11.9 Å². The predicted molar refractivity (Wildman–Crippen MR) is 128 cm³/mol. The van der Waals surface area contributed by atoms with Gasteiger partial charge in [-0.3, -0.25) is 0 Å². The molecule has 0 radical (unpaired) electrons. The normalized spacial score (nSPS) is 11.7. The molecule has 0 aromatic heterocycles. The van der Waals surface area contributed by atoms with Gasteiger partial charge in [-0.05, 0) is 45.2 Å². The van der Waals surface area contributed by atoms with E-state index in [1.165, 1.54) is 0 Å². The number of aryl methyl sites for hydroxylation is 1. The van der Waals surface area contributed by atoms with Crippen molar-refractivity contribution < 1.29 is 23.5 Å². The minimum atomic E-state index is -0.439. The van der Waals surface area contributed by atoms with Crippen molar-refractivity contribution in [3.05, 3.63) is 63.8 Å². The van der Waals surface area contributed by atoms with E-state index in [-0.39, 0.29) is 13.2 Å². The molecule has 2 heterocycles. The molecule has 0 saturated carbocycles. The van der Waals surface area contributed by atoms with Gasteiger partial charge in [0.2, 0.25) is 0 Å². The number of rotatable bonds is 4. The third kappa shape index (κ3) is 3.01. The highest BCUT2D eigenvalue weighted by Crippen LogP contribution is 2.44. The predicted octanol–water partition coefficient (Wildman–Crippen LogP) is 6.59. The van der Waals surface area contributed by atoms with E-state index in [0.717, 1.165) is 16.6 Å². The number of halogens is 1. The van der Waals surface area contributed by atoms with E-state index in [1.54, 1.807) is 26.0 Å². The Morgan fingerprint density at radius 1 is 0.970 bits per heavy atom. The number of hydrogen-bond donors (Lipinski definition) is 0. The van der Waals surface area contributed by atoms with Crippen LogP contribution in [0.1, 0.15) is 45.8 Å². The van der Waals surface area contributed by atoms with Gasteiger partial charge in [-0.1, -0.05) is 29.8 Å². The molecule has 5 rings (SSSR count). The molecular formula is C26H22ClNO5. The van der Waals surface area contributed by atoms with Gasteiger partial charge < -0.3 is 18.5 Å². The zero-order valence-electron chi connectivity index (χ0n) is 18.7. The van der Waals surface area contributed by atoms with Crippen molar-refractivity contribution in [2.75, 3.05) is 13.2 Å². The highest BCUT2D eigenvalue weighted by atomic mass is 35.5. The fourth-order valence-electron chi connectivity index (χ4n) is 4.74. The van der Waals surface area contributed by atoms with Crippen molar-refractivity contribution in [1.82, 2.24) is 4.57 Å². The number of ether oxygens (including phenoxy) is 2. The largest absolute Gasteiger partial charge is 0.462 e. The fraction of sp³-hybridized carbons (Fsp3) is 0.231. The van der Waals surface area contributed by atoms with Crippen LogP contribution in [0.15, 0.2) is 40.8 Å². The summed E-state index contributed by atoms with van der Waals surface area (Å²) >= 11 is 6.26. The number of carbonyl (C=O) groups is 2. The number of nitrogens with zero attached hydrogens (tertiary/aromatic N) is 1. The standard InChI is InChI=1S/C26H22ClNO5/c1-5-31-25(29)20-13(3)24-23-22-16(20)8-7-9-17(22)21(26(30)32-6-2)14(4)28(23)18-11-10-15(27)12-19(18)33-24/h7-12H,5-6H2,1-4H3. The fourth-order valence-corrected chi connectivity index (χ4v) is 4.90. The molecule has 3 aromatic carbocycles. The molecule has 3 aromatic rings. The van der Waals surface area contributed by atoms with Crippen molar-refractivity contribution in [3.8, 4) is 5.69 Å². The maximum absolute atomic E-state index is 13.1. The van der Waals surface area contributed by atoms with Crippen LogP contribution in [0.5, 0.6) is 0 Å². The maximum Gasteiger partial charge on any atom is 0.340 e. The van der Waals surface area contributed by atoms with E-state index in [4.69, 9.17) is 25.5 Å². The molecule has 0 unspecified atom stereocenters. The maximum atomic E-state index is 13.1. The van der Waals surface area contributed by atoms with Gasteiger partial charge in [-0.15, -0.1) is 0 Å². The lowest BCUT2D eigenvalue weighted by molar-refractivity contribution is 0.0518. The van der Waals surface area contributed by atoms with E-state index in [1.807, 2.05) is 42.7 Å². The summed E-state index contributed by atoms with van der Waals surface area (Å²) in [7, 11) is 0. The Morgan fingerprint density at radius 2 is 1.61 bits per heavy atom. The van der Waals surface area contributed by atoms with Crippen LogP contribution in [0.3, 0.4) is 0 Å². The lowest BCUT2D eigenvalue weighted by atomic mass is 9.90. The van der Waals surface area contributed by atoms with Crippen molar-refractivity contribution in [3.63, 3.8) is 0 Å². The lowest BCUT2D eigenvalue weighted by Gasteiger charge is -2.26. The Balaban J connectivity index is 2.11. The van der Waals surface area contributed by atoms with Gasteiger partial charge in [0.1, 0.15) is 0 Å². The topological polar surface area (TPSA) is 70.7 Å². The summed E-state index contributed by atoms with van der Waals surface area (Å²) in [6.07, 6.45) is 0. The second-order valence-corrected chi connectivity index (χ2v) is 8.29. The first-order valence-electron chi connectivity index (χ1n) is 10.8. The first-order chi connectivity index (χ1) is 15.9. The van der Waals surface area contributed by atoms with E-state index < -0.39 is 11.9 Å². The van der Waals surface area contributed by atoms with Crippen molar-refractivity contribution in [1.29, 1.82) is 0 Å². The Morgan fingerprint density at radius 3 is 2.27 bits per heavy atom. The molecule has 0 fully saturated rings. The van der Waals surface area contributed by atoms with E-state index in [0.29, 0.717) is 49.3 Å². The summed E-state index contributed by atoms with van der Waals surface area (Å²) in [5.74, 6) is -0.860. The molecular weight excluding hydrogens is 442 g/mol. The Kier molecular flexibility index (Phi) is 5.05. The summed E-state index contributed by atoms with van der Waals surface area (Å²) in [6, 6.07) is 11.0. The average molecular weight is 464 g/mol. The molecule has 6 nitrogen and oxygen atoms in total. The number of fused-ring (bicyclic) bond motifs is 2. The van der Waals surface area contributed by atoms with Crippen LogP contribution in [0, 0.1) is 13.8 Å². The summed E-state index contributed by atoms with van der Waals surface area (Å²) in [6.45, 7) is 7.77. The SMILES string of the molecule is CCOC(=O)c1c(C)c2oc3cc(Cl)ccc3n3c(C)c(C(=O)OCC)c4cccc1c4c2-3. The molecule has 0 aliphatic carbocycles. The minimum Gasteiger partial charge on any atom is -0.462 e. The van der Waals surface area contributed by atoms with Crippen LogP contribution in [-0.4, -0.2) is 29.7 Å². The second kappa shape index (κ2) is 7.81. The molecule has 7 heteroatoms. The van der Waals surface area contributed by atoms with Gasteiger partial charge in [-0.25, -0.2) is 9.59 Å². The quantitative estimate of drug-likeness (QED) is 0.171. The number of hydrogen-bond acceptors (Lipinski definition) is 5. The number of esters is 2. The zero-order valence-corrected chi connectivity index (χ0v) is 19.5. The summed E-state index contributed by atoms with van der Waals surface area (Å²) in [4.78, 5) is 26.2. The molecule has 0 bridgehead atoms. The molecule has 0 saturated heterocycles. The smallest absolute Gasteiger partial charge is 0.340 e. The molecule has 33 heavy (non-hydrogen) atoms. The van der Waals surface area contributed by atoms with Crippen LogP contribution in [0.2, 0.25) is 5.02 Å².